The van der Waals surface area contributed by atoms with Gasteiger partial charge in [0.05, 0.1) is 16.3 Å². The van der Waals surface area contributed by atoms with Crippen molar-refractivity contribution in [2.45, 2.75) is 25.7 Å². The van der Waals surface area contributed by atoms with Crippen LogP contribution >= 0.6 is 11.6 Å². The third kappa shape index (κ3) is 4.42. The van der Waals surface area contributed by atoms with E-state index in [1.165, 1.54) is 31.0 Å². The van der Waals surface area contributed by atoms with E-state index < -0.39 is 5.97 Å². The number of carboxylic acid groups (broad SMARTS) is 1. The zero-order chi connectivity index (χ0) is 14.5. The highest BCUT2D eigenvalue weighted by atomic mass is 35.5. The lowest BCUT2D eigenvalue weighted by Gasteiger charge is -2.09. The van der Waals surface area contributed by atoms with Crippen LogP contribution in [0.15, 0.2) is 18.2 Å². The van der Waals surface area contributed by atoms with Gasteiger partial charge < -0.3 is 15.7 Å². The van der Waals surface area contributed by atoms with Crippen molar-refractivity contribution in [1.82, 2.24) is 5.32 Å². The van der Waals surface area contributed by atoms with E-state index in [1.807, 2.05) is 0 Å². The molecule has 1 aromatic rings. The maximum atomic E-state index is 11.7. The Morgan fingerprint density at radius 2 is 2.10 bits per heavy atom. The van der Waals surface area contributed by atoms with E-state index in [2.05, 4.69) is 10.6 Å². The molecule has 1 aromatic carbocycles. The summed E-state index contributed by atoms with van der Waals surface area (Å²) in [4.78, 5) is 22.5. The first-order valence-electron chi connectivity index (χ1n) is 6.64. The summed E-state index contributed by atoms with van der Waals surface area (Å²) in [5.74, 6) is -0.212. The van der Waals surface area contributed by atoms with Crippen LogP contribution in [0.1, 0.15) is 36.0 Å². The van der Waals surface area contributed by atoms with Gasteiger partial charge in [-0.1, -0.05) is 24.4 Å². The highest BCUT2D eigenvalue weighted by Crippen LogP contribution is 2.33. The molecule has 0 aromatic heterocycles. The standard InChI is InChI=1S/C14H17ClN2O3/c15-11-6-5-10(13(18)19)8-12(11)17-14(20)16-7-1-2-9-3-4-9/h5-6,8-9H,1-4,7H2,(H,18,19)(H2,16,17,20). The maximum Gasteiger partial charge on any atom is 0.335 e. The molecule has 20 heavy (non-hydrogen) atoms. The lowest BCUT2D eigenvalue weighted by Crippen LogP contribution is -2.29. The Hall–Kier alpha value is -1.75. The van der Waals surface area contributed by atoms with Crippen molar-refractivity contribution in [3.8, 4) is 0 Å². The van der Waals surface area contributed by atoms with E-state index in [-0.39, 0.29) is 11.6 Å². The van der Waals surface area contributed by atoms with E-state index in [4.69, 9.17) is 16.7 Å². The predicted molar refractivity (Wildman–Crippen MR) is 77.4 cm³/mol. The fraction of sp³-hybridized carbons (Fsp3) is 0.429. The van der Waals surface area contributed by atoms with Crippen molar-refractivity contribution in [2.75, 3.05) is 11.9 Å². The van der Waals surface area contributed by atoms with Crippen LogP contribution in [0.5, 0.6) is 0 Å². The molecule has 0 atom stereocenters. The summed E-state index contributed by atoms with van der Waals surface area (Å²) < 4.78 is 0. The van der Waals surface area contributed by atoms with Gasteiger partial charge in [0.15, 0.2) is 0 Å². The average molecular weight is 297 g/mol. The normalized spacial score (nSPS) is 13.8. The van der Waals surface area contributed by atoms with Gasteiger partial charge >= 0.3 is 12.0 Å². The van der Waals surface area contributed by atoms with Crippen molar-refractivity contribution >= 4 is 29.3 Å². The third-order valence-electron chi connectivity index (χ3n) is 3.23. The van der Waals surface area contributed by atoms with Gasteiger partial charge in [-0.15, -0.1) is 0 Å². The third-order valence-corrected chi connectivity index (χ3v) is 3.56. The Bertz CT molecular complexity index is 515. The Kier molecular flexibility index (Phi) is 4.84. The molecule has 1 aliphatic carbocycles. The number of carboxylic acids is 1. The number of rotatable bonds is 6. The number of amides is 2. The van der Waals surface area contributed by atoms with Crippen LogP contribution in [0.25, 0.3) is 0 Å². The number of carbonyl (C=O) groups is 2. The van der Waals surface area contributed by atoms with Crippen molar-refractivity contribution < 1.29 is 14.7 Å². The SMILES string of the molecule is O=C(NCCCC1CC1)Nc1cc(C(=O)O)ccc1Cl. The van der Waals surface area contributed by atoms with Crippen molar-refractivity contribution in [3.63, 3.8) is 0 Å². The maximum absolute atomic E-state index is 11.7. The molecule has 0 bridgehead atoms. The Labute approximate surface area is 122 Å². The molecule has 1 aliphatic rings. The first kappa shape index (κ1) is 14.7. The van der Waals surface area contributed by atoms with Gasteiger partial charge in [0.25, 0.3) is 0 Å². The van der Waals surface area contributed by atoms with Gasteiger partial charge in [-0.05, 0) is 37.0 Å². The predicted octanol–water partition coefficient (Wildman–Crippen LogP) is 3.35. The Morgan fingerprint density at radius 1 is 1.35 bits per heavy atom. The second-order valence-electron chi connectivity index (χ2n) is 4.97. The molecule has 1 fully saturated rings. The number of anilines is 1. The minimum absolute atomic E-state index is 0.0819. The number of hydrogen-bond acceptors (Lipinski definition) is 2. The monoisotopic (exact) mass is 296 g/mol. The summed E-state index contributed by atoms with van der Waals surface area (Å²) >= 11 is 5.92. The molecule has 0 aliphatic heterocycles. The Balaban J connectivity index is 1.82. The number of hydrogen-bond donors (Lipinski definition) is 3. The zero-order valence-electron chi connectivity index (χ0n) is 11.0. The van der Waals surface area contributed by atoms with Crippen molar-refractivity contribution in [3.05, 3.63) is 28.8 Å². The molecule has 108 valence electrons. The number of urea groups is 1. The van der Waals surface area contributed by atoms with Gasteiger partial charge in [0.2, 0.25) is 0 Å². The first-order chi connectivity index (χ1) is 9.56. The molecule has 0 saturated heterocycles. The second kappa shape index (κ2) is 6.61. The summed E-state index contributed by atoms with van der Waals surface area (Å²) in [6.45, 7) is 0.610. The van der Waals surface area contributed by atoms with Crippen LogP contribution in [0.4, 0.5) is 10.5 Å². The number of nitrogens with one attached hydrogen (secondary N) is 2. The lowest BCUT2D eigenvalue weighted by molar-refractivity contribution is 0.0697. The van der Waals surface area contributed by atoms with Crippen LogP contribution in [-0.2, 0) is 0 Å². The molecule has 5 nitrogen and oxygen atoms in total. The molecule has 0 radical (unpaired) electrons. The quantitative estimate of drug-likeness (QED) is 0.704. The average Bonchev–Trinajstić information content (AvgIpc) is 3.21. The fourth-order valence-electron chi connectivity index (χ4n) is 1.92. The topological polar surface area (TPSA) is 78.4 Å². The summed E-state index contributed by atoms with van der Waals surface area (Å²) in [5.41, 5.74) is 0.379. The smallest absolute Gasteiger partial charge is 0.335 e. The summed E-state index contributed by atoms with van der Waals surface area (Å²) in [6.07, 6.45) is 4.73. The van der Waals surface area contributed by atoms with Crippen molar-refractivity contribution in [2.24, 2.45) is 5.92 Å². The van der Waals surface area contributed by atoms with Gasteiger partial charge in [0.1, 0.15) is 0 Å². The summed E-state index contributed by atoms with van der Waals surface area (Å²) in [7, 11) is 0. The molecular weight excluding hydrogens is 280 g/mol. The van der Waals surface area contributed by atoms with Gasteiger partial charge in [-0.25, -0.2) is 9.59 Å². The largest absolute Gasteiger partial charge is 0.478 e. The van der Waals surface area contributed by atoms with Gasteiger partial charge in [-0.2, -0.15) is 0 Å². The lowest BCUT2D eigenvalue weighted by atomic mass is 10.2. The van der Waals surface area contributed by atoms with E-state index in [1.54, 1.807) is 0 Å². The molecular formula is C14H17ClN2O3. The molecule has 2 amide bonds. The highest BCUT2D eigenvalue weighted by molar-refractivity contribution is 6.33. The van der Waals surface area contributed by atoms with Gasteiger partial charge in [-0.3, -0.25) is 0 Å². The number of aromatic carboxylic acids is 1. The van der Waals surface area contributed by atoms with E-state index in [0.29, 0.717) is 17.3 Å². The van der Waals surface area contributed by atoms with Crippen LogP contribution in [0.2, 0.25) is 5.02 Å². The fourth-order valence-corrected chi connectivity index (χ4v) is 2.08. The highest BCUT2D eigenvalue weighted by Gasteiger charge is 2.20. The van der Waals surface area contributed by atoms with E-state index in [9.17, 15) is 9.59 Å². The second-order valence-corrected chi connectivity index (χ2v) is 5.37. The number of carbonyl (C=O) groups excluding carboxylic acids is 1. The number of halogens is 1. The zero-order valence-corrected chi connectivity index (χ0v) is 11.7. The van der Waals surface area contributed by atoms with Crippen LogP contribution in [0.3, 0.4) is 0 Å². The Morgan fingerprint density at radius 3 is 2.75 bits per heavy atom. The van der Waals surface area contributed by atoms with Crippen LogP contribution in [-0.4, -0.2) is 23.7 Å². The van der Waals surface area contributed by atoms with E-state index in [0.717, 1.165) is 18.8 Å². The van der Waals surface area contributed by atoms with Crippen molar-refractivity contribution in [1.29, 1.82) is 0 Å². The molecule has 0 spiro atoms. The molecule has 0 heterocycles. The summed E-state index contributed by atoms with van der Waals surface area (Å²) in [5, 5.41) is 14.5. The number of benzene rings is 1. The first-order valence-corrected chi connectivity index (χ1v) is 7.02. The minimum Gasteiger partial charge on any atom is -0.478 e. The van der Waals surface area contributed by atoms with Crippen LogP contribution < -0.4 is 10.6 Å². The molecule has 3 N–H and O–H groups in total. The minimum atomic E-state index is -1.06. The van der Waals surface area contributed by atoms with Gasteiger partial charge in [0, 0.05) is 6.54 Å². The summed E-state index contributed by atoms with van der Waals surface area (Å²) in [6, 6.07) is 3.82. The molecule has 1 saturated carbocycles. The van der Waals surface area contributed by atoms with Crippen LogP contribution in [0, 0.1) is 5.92 Å². The molecule has 2 rings (SSSR count). The van der Waals surface area contributed by atoms with E-state index >= 15 is 0 Å². The molecule has 0 unspecified atom stereocenters. The molecule has 6 heteroatoms.